The van der Waals surface area contributed by atoms with Crippen molar-refractivity contribution in [3.63, 3.8) is 0 Å². The average Bonchev–Trinajstić information content (AvgIpc) is 3.17. The van der Waals surface area contributed by atoms with Crippen molar-refractivity contribution < 1.29 is 17.9 Å². The molecule has 3 atom stereocenters. The van der Waals surface area contributed by atoms with Crippen LogP contribution in [0.15, 0.2) is 29.2 Å². The number of rotatable bonds is 3. The van der Waals surface area contributed by atoms with Crippen LogP contribution in [0.5, 0.6) is 0 Å². The Kier molecular flexibility index (Phi) is 3.92. The Morgan fingerprint density at radius 1 is 1.32 bits per heavy atom. The molecule has 3 aliphatic heterocycles. The largest absolute Gasteiger partial charge is 0.352 e. The van der Waals surface area contributed by atoms with Crippen molar-refractivity contribution in [2.75, 3.05) is 13.2 Å². The molecule has 8 heteroatoms. The van der Waals surface area contributed by atoms with Gasteiger partial charge in [-0.25, -0.2) is 8.42 Å². The number of carbonyl (C=O) groups is 1. The number of hydrogen-bond acceptors (Lipinski definition) is 4. The van der Waals surface area contributed by atoms with Crippen molar-refractivity contribution >= 4 is 27.5 Å². The van der Waals surface area contributed by atoms with Gasteiger partial charge in [-0.3, -0.25) is 4.79 Å². The average molecular weight is 385 g/mol. The predicted octanol–water partition coefficient (Wildman–Crippen LogP) is 2.09. The number of halogens is 1. The van der Waals surface area contributed by atoms with Crippen molar-refractivity contribution in [3.05, 3.63) is 29.3 Å². The lowest BCUT2D eigenvalue weighted by Crippen LogP contribution is -2.51. The molecule has 0 aliphatic carbocycles. The van der Waals surface area contributed by atoms with Gasteiger partial charge in [0.25, 0.3) is 0 Å². The summed E-state index contributed by atoms with van der Waals surface area (Å²) in [7, 11) is -3.79. The fourth-order valence-corrected chi connectivity index (χ4v) is 6.55. The lowest BCUT2D eigenvalue weighted by atomic mass is 10.0. The molecule has 0 aromatic heterocycles. The number of amides is 1. The van der Waals surface area contributed by atoms with E-state index in [9.17, 15) is 13.2 Å². The third kappa shape index (κ3) is 2.29. The highest BCUT2D eigenvalue weighted by molar-refractivity contribution is 7.89. The highest BCUT2D eigenvalue weighted by atomic mass is 35.5. The number of carbonyl (C=O) groups excluding carboxylic acids is 1. The number of sulfonamides is 1. The van der Waals surface area contributed by atoms with Gasteiger partial charge in [0, 0.05) is 19.4 Å². The second-order valence-electron chi connectivity index (χ2n) is 7.25. The van der Waals surface area contributed by atoms with Crippen LogP contribution in [0.25, 0.3) is 0 Å². The van der Waals surface area contributed by atoms with Gasteiger partial charge in [0.15, 0.2) is 5.72 Å². The smallest absolute Gasteiger partial charge is 0.244 e. The van der Waals surface area contributed by atoms with E-state index >= 15 is 0 Å². The zero-order chi connectivity index (χ0) is 18.0. The first kappa shape index (κ1) is 17.3. The van der Waals surface area contributed by atoms with Gasteiger partial charge in [-0.05, 0) is 18.1 Å². The van der Waals surface area contributed by atoms with Gasteiger partial charge in [-0.1, -0.05) is 37.6 Å². The Morgan fingerprint density at radius 2 is 2.04 bits per heavy atom. The van der Waals surface area contributed by atoms with E-state index in [0.29, 0.717) is 19.6 Å². The zero-order valence-electron chi connectivity index (χ0n) is 14.2. The maximum absolute atomic E-state index is 13.2. The van der Waals surface area contributed by atoms with Crippen LogP contribution in [0.3, 0.4) is 0 Å². The summed E-state index contributed by atoms with van der Waals surface area (Å²) in [5.74, 6) is 0.233. The molecule has 0 N–H and O–H groups in total. The van der Waals surface area contributed by atoms with Gasteiger partial charge in [0.2, 0.25) is 15.9 Å². The molecule has 1 amide bonds. The molecular weight excluding hydrogens is 364 g/mol. The van der Waals surface area contributed by atoms with Gasteiger partial charge in [-0.15, -0.1) is 0 Å². The van der Waals surface area contributed by atoms with Gasteiger partial charge in [0.05, 0.1) is 23.7 Å². The highest BCUT2D eigenvalue weighted by Crippen LogP contribution is 2.50. The molecule has 3 aliphatic rings. The minimum atomic E-state index is -3.79. The van der Waals surface area contributed by atoms with E-state index in [4.69, 9.17) is 16.3 Å². The normalized spacial score (nSPS) is 32.5. The molecule has 0 bridgehead atoms. The van der Waals surface area contributed by atoms with Crippen LogP contribution < -0.4 is 0 Å². The lowest BCUT2D eigenvalue weighted by Gasteiger charge is -2.34. The van der Waals surface area contributed by atoms with Crippen LogP contribution in [0.2, 0.25) is 5.02 Å². The SMILES string of the molecule is CC(C)[C@@H]1CO[C@@]23CCN(S(=O)(=O)c4ccccc4Cl)[C@@H]2CC(=O)N13. The zero-order valence-corrected chi connectivity index (χ0v) is 15.8. The third-order valence-electron chi connectivity index (χ3n) is 5.63. The molecule has 4 rings (SSSR count). The minimum absolute atomic E-state index is 0.000433. The molecule has 3 heterocycles. The van der Waals surface area contributed by atoms with E-state index in [0.717, 1.165) is 0 Å². The molecule has 25 heavy (non-hydrogen) atoms. The van der Waals surface area contributed by atoms with Gasteiger partial charge in [0.1, 0.15) is 4.90 Å². The number of benzene rings is 1. The fourth-order valence-electron chi connectivity index (χ4n) is 4.40. The Balaban J connectivity index is 1.73. The molecule has 0 unspecified atom stereocenters. The maximum atomic E-state index is 13.2. The summed E-state index contributed by atoms with van der Waals surface area (Å²) in [5.41, 5.74) is -0.819. The molecule has 1 aromatic rings. The first-order valence-corrected chi connectivity index (χ1v) is 10.3. The standard InChI is InChI=1S/C17H21ClN2O4S/c1-11(2)13-10-24-17-7-8-19(15(17)9-16(21)20(13)17)25(22,23)14-6-4-3-5-12(14)18/h3-6,11,13,15H,7-10H2,1-2H3/t13-,15+,17-/m0/s1. The molecule has 0 radical (unpaired) electrons. The summed E-state index contributed by atoms with van der Waals surface area (Å²) in [6.45, 7) is 4.90. The Hall–Kier alpha value is -1.15. The molecule has 1 spiro atoms. The molecule has 3 fully saturated rings. The first-order chi connectivity index (χ1) is 11.8. The van der Waals surface area contributed by atoms with Crippen molar-refractivity contribution in [2.45, 2.75) is 49.4 Å². The van der Waals surface area contributed by atoms with Crippen LogP contribution in [-0.4, -0.2) is 54.5 Å². The lowest BCUT2D eigenvalue weighted by molar-refractivity contribution is -0.139. The monoisotopic (exact) mass is 384 g/mol. The molecular formula is C17H21ClN2O4S. The summed E-state index contributed by atoms with van der Waals surface area (Å²) < 4.78 is 33.8. The van der Waals surface area contributed by atoms with E-state index < -0.39 is 21.8 Å². The molecule has 1 aromatic carbocycles. The number of hydrogen-bond donors (Lipinski definition) is 0. The van der Waals surface area contributed by atoms with Crippen molar-refractivity contribution in [1.29, 1.82) is 0 Å². The van der Waals surface area contributed by atoms with Crippen LogP contribution in [0.1, 0.15) is 26.7 Å². The van der Waals surface area contributed by atoms with Crippen LogP contribution >= 0.6 is 11.6 Å². The van der Waals surface area contributed by atoms with E-state index in [1.54, 1.807) is 18.2 Å². The van der Waals surface area contributed by atoms with Crippen LogP contribution in [0.4, 0.5) is 0 Å². The van der Waals surface area contributed by atoms with Crippen molar-refractivity contribution in [2.24, 2.45) is 5.92 Å². The summed E-state index contributed by atoms with van der Waals surface area (Å²) in [4.78, 5) is 14.5. The van der Waals surface area contributed by atoms with Gasteiger partial charge in [-0.2, -0.15) is 4.31 Å². The van der Waals surface area contributed by atoms with Gasteiger partial charge < -0.3 is 9.64 Å². The van der Waals surface area contributed by atoms with Gasteiger partial charge >= 0.3 is 0 Å². The summed E-state index contributed by atoms with van der Waals surface area (Å²) in [6.07, 6.45) is 0.656. The second-order valence-corrected chi connectivity index (χ2v) is 9.51. The van der Waals surface area contributed by atoms with E-state index in [2.05, 4.69) is 13.8 Å². The predicted molar refractivity (Wildman–Crippen MR) is 92.5 cm³/mol. The second kappa shape index (κ2) is 5.67. The summed E-state index contributed by atoms with van der Waals surface area (Å²) in [5, 5.41) is 0.192. The Morgan fingerprint density at radius 3 is 2.72 bits per heavy atom. The number of nitrogens with zero attached hydrogens (tertiary/aromatic N) is 2. The first-order valence-electron chi connectivity index (χ1n) is 8.51. The Labute approximate surface area is 152 Å². The maximum Gasteiger partial charge on any atom is 0.244 e. The van der Waals surface area contributed by atoms with Crippen LogP contribution in [-0.2, 0) is 19.6 Å². The van der Waals surface area contributed by atoms with Crippen molar-refractivity contribution in [3.8, 4) is 0 Å². The van der Waals surface area contributed by atoms with E-state index in [1.807, 2.05) is 4.90 Å². The van der Waals surface area contributed by atoms with Crippen molar-refractivity contribution in [1.82, 2.24) is 9.21 Å². The fraction of sp³-hybridized carbons (Fsp3) is 0.588. The molecule has 3 saturated heterocycles. The Bertz CT molecular complexity index is 828. The summed E-state index contributed by atoms with van der Waals surface area (Å²) in [6, 6.07) is 5.92. The quantitative estimate of drug-likeness (QED) is 0.800. The molecule has 136 valence electrons. The highest BCUT2D eigenvalue weighted by Gasteiger charge is 2.66. The minimum Gasteiger partial charge on any atom is -0.352 e. The topological polar surface area (TPSA) is 66.9 Å². The van der Waals surface area contributed by atoms with E-state index in [-0.39, 0.29) is 34.2 Å². The van der Waals surface area contributed by atoms with E-state index in [1.165, 1.54) is 10.4 Å². The number of ether oxygens (including phenoxy) is 1. The van der Waals surface area contributed by atoms with Crippen LogP contribution in [0, 0.1) is 5.92 Å². The third-order valence-corrected chi connectivity index (χ3v) is 8.04. The summed E-state index contributed by atoms with van der Waals surface area (Å²) >= 11 is 6.12. The molecule has 6 nitrogen and oxygen atoms in total. The molecule has 0 saturated carbocycles.